The first-order valence-corrected chi connectivity index (χ1v) is 5.32. The molecule has 0 amide bonds. The average molecular weight is 202 g/mol. The highest BCUT2D eigenvalue weighted by atomic mass is 14.7. The van der Waals surface area contributed by atoms with Gasteiger partial charge in [-0.25, -0.2) is 0 Å². The smallest absolute Gasteiger partial charge is 0.0937 e. The van der Waals surface area contributed by atoms with Crippen molar-refractivity contribution in [3.8, 4) is 6.07 Å². The first kappa shape index (κ1) is 11.7. The SMILES string of the molecule is CC(C)Cc1ccc(C(C)(C)C#N)nc1. The summed E-state index contributed by atoms with van der Waals surface area (Å²) in [6.45, 7) is 8.15. The lowest BCUT2D eigenvalue weighted by molar-refractivity contribution is 0.635. The van der Waals surface area contributed by atoms with Gasteiger partial charge in [0.25, 0.3) is 0 Å². The second-order valence-electron chi connectivity index (χ2n) is 4.89. The van der Waals surface area contributed by atoms with Gasteiger partial charge in [-0.1, -0.05) is 19.9 Å². The van der Waals surface area contributed by atoms with Crippen LogP contribution in [0.4, 0.5) is 0 Å². The summed E-state index contributed by atoms with van der Waals surface area (Å²) in [7, 11) is 0. The van der Waals surface area contributed by atoms with Gasteiger partial charge in [0.2, 0.25) is 0 Å². The fourth-order valence-corrected chi connectivity index (χ4v) is 1.44. The Morgan fingerprint density at radius 1 is 1.40 bits per heavy atom. The third kappa shape index (κ3) is 3.06. The Bertz CT molecular complexity index is 355. The summed E-state index contributed by atoms with van der Waals surface area (Å²) in [5, 5.41) is 8.97. The average Bonchev–Trinajstić information content (AvgIpc) is 2.18. The number of nitrogens with zero attached hydrogens (tertiary/aromatic N) is 2. The van der Waals surface area contributed by atoms with E-state index in [4.69, 9.17) is 5.26 Å². The minimum atomic E-state index is -0.490. The zero-order valence-electron chi connectivity index (χ0n) is 9.91. The first-order valence-electron chi connectivity index (χ1n) is 5.32. The molecule has 0 aliphatic heterocycles. The molecular weight excluding hydrogens is 184 g/mol. The van der Waals surface area contributed by atoms with E-state index in [1.54, 1.807) is 0 Å². The van der Waals surface area contributed by atoms with E-state index in [2.05, 4.69) is 31.0 Å². The van der Waals surface area contributed by atoms with Crippen molar-refractivity contribution in [2.24, 2.45) is 5.92 Å². The van der Waals surface area contributed by atoms with Gasteiger partial charge in [-0.05, 0) is 37.8 Å². The third-order valence-electron chi connectivity index (χ3n) is 2.39. The monoisotopic (exact) mass is 202 g/mol. The van der Waals surface area contributed by atoms with Gasteiger partial charge in [0.05, 0.1) is 17.2 Å². The maximum absolute atomic E-state index is 8.97. The van der Waals surface area contributed by atoms with Gasteiger partial charge in [-0.15, -0.1) is 0 Å². The largest absolute Gasteiger partial charge is 0.259 e. The molecule has 80 valence electrons. The number of aromatic nitrogens is 1. The van der Waals surface area contributed by atoms with Crippen molar-refractivity contribution in [2.75, 3.05) is 0 Å². The van der Waals surface area contributed by atoms with E-state index in [1.807, 2.05) is 26.1 Å². The summed E-state index contributed by atoms with van der Waals surface area (Å²) in [4.78, 5) is 4.35. The normalized spacial score (nSPS) is 11.5. The highest BCUT2D eigenvalue weighted by Crippen LogP contribution is 2.20. The molecule has 15 heavy (non-hydrogen) atoms. The van der Waals surface area contributed by atoms with Crippen LogP contribution in [0.3, 0.4) is 0 Å². The van der Waals surface area contributed by atoms with Crippen molar-refractivity contribution in [3.63, 3.8) is 0 Å². The quantitative estimate of drug-likeness (QED) is 0.755. The highest BCUT2D eigenvalue weighted by molar-refractivity contribution is 5.25. The predicted molar refractivity (Wildman–Crippen MR) is 61.4 cm³/mol. The molecule has 0 radical (unpaired) electrons. The van der Waals surface area contributed by atoms with Crippen molar-refractivity contribution in [1.82, 2.24) is 4.98 Å². The van der Waals surface area contributed by atoms with Crippen LogP contribution in [0, 0.1) is 17.2 Å². The van der Waals surface area contributed by atoms with Crippen LogP contribution in [0.1, 0.15) is 39.0 Å². The van der Waals surface area contributed by atoms with Crippen molar-refractivity contribution < 1.29 is 0 Å². The number of pyridine rings is 1. The molecule has 1 rings (SSSR count). The second-order valence-corrected chi connectivity index (χ2v) is 4.89. The molecule has 1 aromatic rings. The molecular formula is C13H18N2. The van der Waals surface area contributed by atoms with Crippen molar-refractivity contribution >= 4 is 0 Å². The Balaban J connectivity index is 2.87. The number of hydrogen-bond acceptors (Lipinski definition) is 2. The van der Waals surface area contributed by atoms with E-state index in [9.17, 15) is 0 Å². The van der Waals surface area contributed by atoms with Crippen LogP contribution in [0.25, 0.3) is 0 Å². The molecule has 0 aliphatic carbocycles. The molecule has 0 saturated heterocycles. The van der Waals surface area contributed by atoms with E-state index in [0.29, 0.717) is 5.92 Å². The minimum absolute atomic E-state index is 0.490. The number of hydrogen-bond donors (Lipinski definition) is 0. The lowest BCUT2D eigenvalue weighted by Crippen LogP contribution is -2.15. The van der Waals surface area contributed by atoms with Crippen LogP contribution in [0.2, 0.25) is 0 Å². The highest BCUT2D eigenvalue weighted by Gasteiger charge is 2.20. The van der Waals surface area contributed by atoms with Crippen LogP contribution in [0.5, 0.6) is 0 Å². The van der Waals surface area contributed by atoms with E-state index in [0.717, 1.165) is 12.1 Å². The van der Waals surface area contributed by atoms with Crippen LogP contribution >= 0.6 is 0 Å². The van der Waals surface area contributed by atoms with Crippen molar-refractivity contribution in [2.45, 2.75) is 39.5 Å². The Morgan fingerprint density at radius 2 is 2.07 bits per heavy atom. The fraction of sp³-hybridized carbons (Fsp3) is 0.538. The van der Waals surface area contributed by atoms with Gasteiger partial charge in [0.1, 0.15) is 0 Å². The molecule has 1 heterocycles. The molecule has 0 N–H and O–H groups in total. The second kappa shape index (κ2) is 4.44. The summed E-state index contributed by atoms with van der Waals surface area (Å²) in [6, 6.07) is 6.29. The van der Waals surface area contributed by atoms with Gasteiger partial charge in [-0.3, -0.25) is 4.98 Å². The van der Waals surface area contributed by atoms with E-state index >= 15 is 0 Å². The van der Waals surface area contributed by atoms with Gasteiger partial charge >= 0.3 is 0 Å². The molecule has 0 bridgehead atoms. The predicted octanol–water partition coefficient (Wildman–Crippen LogP) is 3.08. The van der Waals surface area contributed by atoms with E-state index in [-0.39, 0.29) is 0 Å². The van der Waals surface area contributed by atoms with E-state index in [1.165, 1.54) is 5.56 Å². The summed E-state index contributed by atoms with van der Waals surface area (Å²) in [5.41, 5.74) is 1.59. The molecule has 0 aliphatic rings. The van der Waals surface area contributed by atoms with Crippen LogP contribution in [0.15, 0.2) is 18.3 Å². The van der Waals surface area contributed by atoms with Gasteiger partial charge in [0, 0.05) is 6.20 Å². The summed E-state index contributed by atoms with van der Waals surface area (Å²) >= 11 is 0. The number of nitriles is 1. The molecule has 0 saturated carbocycles. The molecule has 0 fully saturated rings. The maximum atomic E-state index is 8.97. The third-order valence-corrected chi connectivity index (χ3v) is 2.39. The lowest BCUT2D eigenvalue weighted by Gasteiger charge is -2.14. The Labute approximate surface area is 92.0 Å². The van der Waals surface area contributed by atoms with Crippen LogP contribution < -0.4 is 0 Å². The lowest BCUT2D eigenvalue weighted by atomic mass is 9.90. The summed E-state index contributed by atoms with van der Waals surface area (Å²) in [6.07, 6.45) is 2.93. The molecule has 2 heteroatoms. The van der Waals surface area contributed by atoms with Gasteiger partial charge < -0.3 is 0 Å². The molecule has 0 unspecified atom stereocenters. The Kier molecular flexibility index (Phi) is 3.47. The first-order chi connectivity index (χ1) is 6.95. The fourth-order valence-electron chi connectivity index (χ4n) is 1.44. The van der Waals surface area contributed by atoms with E-state index < -0.39 is 5.41 Å². The summed E-state index contributed by atoms with van der Waals surface area (Å²) in [5.74, 6) is 0.640. The maximum Gasteiger partial charge on any atom is 0.0937 e. The molecule has 1 aromatic heterocycles. The zero-order valence-corrected chi connectivity index (χ0v) is 9.91. The van der Waals surface area contributed by atoms with Crippen LogP contribution in [-0.4, -0.2) is 4.98 Å². The Hall–Kier alpha value is -1.36. The van der Waals surface area contributed by atoms with Crippen LogP contribution in [-0.2, 0) is 11.8 Å². The van der Waals surface area contributed by atoms with Gasteiger partial charge in [0.15, 0.2) is 0 Å². The van der Waals surface area contributed by atoms with Crippen molar-refractivity contribution in [3.05, 3.63) is 29.6 Å². The molecule has 2 nitrogen and oxygen atoms in total. The topological polar surface area (TPSA) is 36.7 Å². The summed E-state index contributed by atoms with van der Waals surface area (Å²) < 4.78 is 0. The Morgan fingerprint density at radius 3 is 2.47 bits per heavy atom. The number of rotatable bonds is 3. The standard InChI is InChI=1S/C13H18N2/c1-10(2)7-11-5-6-12(15-8-11)13(3,4)9-14/h5-6,8,10H,7H2,1-4H3. The molecule has 0 aromatic carbocycles. The van der Waals surface area contributed by atoms with Crippen molar-refractivity contribution in [1.29, 1.82) is 5.26 Å². The molecule has 0 spiro atoms. The minimum Gasteiger partial charge on any atom is -0.259 e. The van der Waals surface area contributed by atoms with Gasteiger partial charge in [-0.2, -0.15) is 5.26 Å². The molecule has 0 atom stereocenters. The zero-order chi connectivity index (χ0) is 11.5.